The summed E-state index contributed by atoms with van der Waals surface area (Å²) < 4.78 is 49.4. The van der Waals surface area contributed by atoms with Crippen molar-refractivity contribution in [3.63, 3.8) is 0 Å². The lowest BCUT2D eigenvalue weighted by atomic mass is 10.1. The molecule has 0 bridgehead atoms. The Balaban J connectivity index is 1.66. The number of H-pyrrole nitrogens is 1. The van der Waals surface area contributed by atoms with Crippen LogP contribution in [0.15, 0.2) is 50.6 Å². The Kier molecular flexibility index (Phi) is 5.46. The highest BCUT2D eigenvalue weighted by molar-refractivity contribution is 7.99. The average Bonchev–Trinajstić information content (AvgIpc) is 3.06. The number of rotatable bonds is 5. The number of hydrogen-bond acceptors (Lipinski definition) is 6. The fourth-order valence-corrected chi connectivity index (χ4v) is 3.23. The first kappa shape index (κ1) is 19.6. The second kappa shape index (κ2) is 7.82. The summed E-state index contributed by atoms with van der Waals surface area (Å²) in [5.74, 6) is -0.732. The number of aromatic amines is 1. The summed E-state index contributed by atoms with van der Waals surface area (Å²) in [6.45, 7) is -0.154. The van der Waals surface area contributed by atoms with Crippen LogP contribution in [0.4, 0.5) is 13.2 Å². The van der Waals surface area contributed by atoms with E-state index in [9.17, 15) is 22.8 Å². The smallest absolute Gasteiger partial charge is 0.417 e. The SMILES string of the molecule is N#Cc1c(C(F)(F)F)cc(=O)[nH]c1SCC(=O)OCc1cc2ccccc2o1. The highest BCUT2D eigenvalue weighted by atomic mass is 32.2. The van der Waals surface area contributed by atoms with Crippen LogP contribution in [0, 0.1) is 11.3 Å². The molecule has 0 saturated heterocycles. The van der Waals surface area contributed by atoms with Gasteiger partial charge in [-0.2, -0.15) is 18.4 Å². The monoisotopic (exact) mass is 408 g/mol. The topological polar surface area (TPSA) is 96.1 Å². The number of alkyl halides is 3. The van der Waals surface area contributed by atoms with Gasteiger partial charge in [0.05, 0.1) is 21.9 Å². The first-order chi connectivity index (χ1) is 13.3. The van der Waals surface area contributed by atoms with Gasteiger partial charge in [-0.05, 0) is 12.1 Å². The number of esters is 1. The van der Waals surface area contributed by atoms with Gasteiger partial charge in [0.15, 0.2) is 0 Å². The van der Waals surface area contributed by atoms with Gasteiger partial charge in [-0.1, -0.05) is 30.0 Å². The summed E-state index contributed by atoms with van der Waals surface area (Å²) in [7, 11) is 0. The van der Waals surface area contributed by atoms with Crippen LogP contribution >= 0.6 is 11.8 Å². The number of aromatic nitrogens is 1. The second-order valence-corrected chi connectivity index (χ2v) is 6.55. The van der Waals surface area contributed by atoms with Crippen LogP contribution in [-0.4, -0.2) is 16.7 Å². The molecule has 6 nitrogen and oxygen atoms in total. The molecule has 0 aliphatic carbocycles. The number of para-hydroxylation sites is 1. The number of pyridine rings is 1. The maximum atomic E-state index is 13.0. The third-order valence-electron chi connectivity index (χ3n) is 3.61. The third kappa shape index (κ3) is 4.37. The standard InChI is InChI=1S/C18H11F3N2O4S/c19-18(20,21)13-6-15(24)23-17(12(13)7-22)28-9-16(25)26-8-11-5-10-3-1-2-4-14(10)27-11/h1-6H,8-9H2,(H,23,24). The van der Waals surface area contributed by atoms with E-state index in [0.29, 0.717) is 29.2 Å². The summed E-state index contributed by atoms with van der Waals surface area (Å²) >= 11 is 0.581. The lowest BCUT2D eigenvalue weighted by Gasteiger charge is -2.11. The van der Waals surface area contributed by atoms with E-state index in [1.165, 1.54) is 6.07 Å². The van der Waals surface area contributed by atoms with Gasteiger partial charge < -0.3 is 14.1 Å². The molecular formula is C18H11F3N2O4S. The van der Waals surface area contributed by atoms with Crippen molar-refractivity contribution in [2.45, 2.75) is 17.8 Å². The Labute approximate surface area is 159 Å². The molecule has 0 aliphatic rings. The summed E-state index contributed by atoms with van der Waals surface area (Å²) in [5.41, 5.74) is -2.49. The van der Waals surface area contributed by atoms with Crippen molar-refractivity contribution >= 4 is 28.7 Å². The largest absolute Gasteiger partial charge is 0.457 e. The molecule has 0 aliphatic heterocycles. The second-order valence-electron chi connectivity index (χ2n) is 5.56. The van der Waals surface area contributed by atoms with Crippen LogP contribution < -0.4 is 5.56 Å². The summed E-state index contributed by atoms with van der Waals surface area (Å²) in [6, 6.07) is 10.6. The van der Waals surface area contributed by atoms with Crippen LogP contribution in [0.3, 0.4) is 0 Å². The number of halogens is 3. The summed E-state index contributed by atoms with van der Waals surface area (Å²) in [6.07, 6.45) is -4.86. The van der Waals surface area contributed by atoms with Crippen molar-refractivity contribution in [1.29, 1.82) is 5.26 Å². The predicted molar refractivity (Wildman–Crippen MR) is 93.5 cm³/mol. The Hall–Kier alpha value is -3.19. The molecule has 1 N–H and O–H groups in total. The molecule has 0 atom stereocenters. The number of fused-ring (bicyclic) bond motifs is 1. The van der Waals surface area contributed by atoms with Gasteiger partial charge in [0.2, 0.25) is 5.56 Å². The lowest BCUT2D eigenvalue weighted by Crippen LogP contribution is -2.17. The van der Waals surface area contributed by atoms with Gasteiger partial charge >= 0.3 is 12.1 Å². The van der Waals surface area contributed by atoms with Crippen LogP contribution in [-0.2, 0) is 22.3 Å². The van der Waals surface area contributed by atoms with Crippen molar-refractivity contribution in [2.75, 3.05) is 5.75 Å². The molecule has 2 heterocycles. The zero-order valence-electron chi connectivity index (χ0n) is 14.0. The Morgan fingerprint density at radius 1 is 1.29 bits per heavy atom. The van der Waals surface area contributed by atoms with E-state index >= 15 is 0 Å². The first-order valence-corrected chi connectivity index (χ1v) is 8.77. The van der Waals surface area contributed by atoms with E-state index in [1.54, 1.807) is 18.2 Å². The van der Waals surface area contributed by atoms with Gasteiger partial charge in [-0.3, -0.25) is 9.59 Å². The fraction of sp³-hybridized carbons (Fsp3) is 0.167. The van der Waals surface area contributed by atoms with E-state index in [2.05, 4.69) is 4.98 Å². The zero-order chi connectivity index (χ0) is 20.3. The number of thioether (sulfide) groups is 1. The number of nitrogens with zero attached hydrogens (tertiary/aromatic N) is 1. The number of nitriles is 1. The fourth-order valence-electron chi connectivity index (χ4n) is 2.41. The van der Waals surface area contributed by atoms with E-state index in [-0.39, 0.29) is 11.6 Å². The van der Waals surface area contributed by atoms with Crippen molar-refractivity contribution in [2.24, 2.45) is 0 Å². The van der Waals surface area contributed by atoms with Crippen molar-refractivity contribution in [3.8, 4) is 6.07 Å². The van der Waals surface area contributed by atoms with E-state index < -0.39 is 34.6 Å². The molecule has 0 fully saturated rings. The molecule has 3 rings (SSSR count). The molecule has 2 aromatic heterocycles. The Bertz CT molecular complexity index is 1100. The summed E-state index contributed by atoms with van der Waals surface area (Å²) in [4.78, 5) is 25.5. The average molecular weight is 408 g/mol. The highest BCUT2D eigenvalue weighted by Gasteiger charge is 2.35. The quantitative estimate of drug-likeness (QED) is 0.509. The molecule has 10 heteroatoms. The van der Waals surface area contributed by atoms with E-state index in [4.69, 9.17) is 14.4 Å². The van der Waals surface area contributed by atoms with Gasteiger partial charge in [0, 0.05) is 11.5 Å². The Morgan fingerprint density at radius 3 is 2.71 bits per heavy atom. The minimum Gasteiger partial charge on any atom is -0.457 e. The third-order valence-corrected chi connectivity index (χ3v) is 4.59. The normalized spacial score (nSPS) is 11.4. The van der Waals surface area contributed by atoms with Crippen LogP contribution in [0.1, 0.15) is 16.9 Å². The maximum absolute atomic E-state index is 13.0. The first-order valence-electron chi connectivity index (χ1n) is 7.78. The molecule has 0 spiro atoms. The molecule has 0 amide bonds. The van der Waals surface area contributed by atoms with E-state index in [0.717, 1.165) is 5.39 Å². The van der Waals surface area contributed by atoms with Gasteiger partial charge in [0.25, 0.3) is 0 Å². The predicted octanol–water partition coefficient (Wildman–Crippen LogP) is 3.85. The lowest BCUT2D eigenvalue weighted by molar-refractivity contribution is -0.142. The number of furan rings is 1. The van der Waals surface area contributed by atoms with Crippen LogP contribution in [0.25, 0.3) is 11.0 Å². The van der Waals surface area contributed by atoms with Crippen molar-refractivity contribution in [3.05, 3.63) is 63.6 Å². The Morgan fingerprint density at radius 2 is 2.04 bits per heavy atom. The molecule has 0 saturated carbocycles. The maximum Gasteiger partial charge on any atom is 0.417 e. The minimum atomic E-state index is -4.86. The van der Waals surface area contributed by atoms with Crippen molar-refractivity contribution in [1.82, 2.24) is 4.98 Å². The van der Waals surface area contributed by atoms with Gasteiger partial charge in [0.1, 0.15) is 24.0 Å². The molecule has 3 aromatic rings. The highest BCUT2D eigenvalue weighted by Crippen LogP contribution is 2.34. The summed E-state index contributed by atoms with van der Waals surface area (Å²) in [5, 5.41) is 9.52. The number of benzene rings is 1. The number of carbonyl (C=O) groups excluding carboxylic acids is 1. The molecule has 0 unspecified atom stereocenters. The molecule has 28 heavy (non-hydrogen) atoms. The van der Waals surface area contributed by atoms with Crippen LogP contribution in [0.2, 0.25) is 0 Å². The van der Waals surface area contributed by atoms with E-state index in [1.807, 2.05) is 12.1 Å². The molecular weight excluding hydrogens is 397 g/mol. The number of carbonyl (C=O) groups is 1. The molecule has 1 aromatic carbocycles. The molecule has 144 valence electrons. The van der Waals surface area contributed by atoms with Gasteiger partial charge in [-0.25, -0.2) is 0 Å². The zero-order valence-corrected chi connectivity index (χ0v) is 14.8. The van der Waals surface area contributed by atoms with Crippen molar-refractivity contribution < 1.29 is 27.1 Å². The minimum absolute atomic E-state index is 0.154. The number of ether oxygens (including phenoxy) is 1. The van der Waals surface area contributed by atoms with Crippen LogP contribution in [0.5, 0.6) is 0 Å². The number of hydrogen-bond donors (Lipinski definition) is 1. The molecule has 0 radical (unpaired) electrons. The number of nitrogens with one attached hydrogen (secondary N) is 1. The van der Waals surface area contributed by atoms with Gasteiger partial charge in [-0.15, -0.1) is 0 Å².